The van der Waals surface area contributed by atoms with Gasteiger partial charge in [0.2, 0.25) is 0 Å². The number of halogens is 2. The topological polar surface area (TPSA) is 44.7 Å². The van der Waals surface area contributed by atoms with Gasteiger partial charge >= 0.3 is 6.61 Å². The van der Waals surface area contributed by atoms with Gasteiger partial charge in [-0.2, -0.15) is 8.78 Å². The molecule has 1 heterocycles. The van der Waals surface area contributed by atoms with Crippen molar-refractivity contribution < 1.29 is 18.6 Å². The summed E-state index contributed by atoms with van der Waals surface area (Å²) in [5, 5.41) is 13.2. The number of nitrogens with zero attached hydrogens (tertiary/aromatic N) is 1. The second-order valence-electron chi connectivity index (χ2n) is 5.40. The fourth-order valence-electron chi connectivity index (χ4n) is 2.81. The lowest BCUT2D eigenvalue weighted by atomic mass is 9.89. The van der Waals surface area contributed by atoms with E-state index in [-0.39, 0.29) is 12.4 Å². The maximum atomic E-state index is 12.6. The van der Waals surface area contributed by atoms with E-state index in [0.717, 1.165) is 32.6 Å². The molecule has 0 aliphatic carbocycles. The van der Waals surface area contributed by atoms with Gasteiger partial charge in [-0.25, -0.2) is 0 Å². The van der Waals surface area contributed by atoms with Crippen LogP contribution >= 0.6 is 0 Å². The molecule has 118 valence electrons. The standard InChI is InChI=1S/C15H22F2N2O2/c1-15(11-20,19-9-4-7-18-8-10-19)12-5-2-3-6-13(12)21-14(16)17/h2-3,5-6,14,18,20H,4,7-11H2,1H3. The summed E-state index contributed by atoms with van der Waals surface area (Å²) < 4.78 is 29.8. The van der Waals surface area contributed by atoms with E-state index in [0.29, 0.717) is 5.56 Å². The van der Waals surface area contributed by atoms with Crippen molar-refractivity contribution in [3.63, 3.8) is 0 Å². The van der Waals surface area contributed by atoms with E-state index in [1.807, 2.05) is 6.92 Å². The SMILES string of the molecule is CC(CO)(c1ccccc1OC(F)F)N1CCCNCC1. The van der Waals surface area contributed by atoms with E-state index >= 15 is 0 Å². The van der Waals surface area contributed by atoms with Crippen LogP contribution in [0.15, 0.2) is 24.3 Å². The summed E-state index contributed by atoms with van der Waals surface area (Å²) >= 11 is 0. The number of rotatable bonds is 5. The Labute approximate surface area is 123 Å². The van der Waals surface area contributed by atoms with E-state index < -0.39 is 12.2 Å². The Morgan fingerprint density at radius 1 is 1.33 bits per heavy atom. The van der Waals surface area contributed by atoms with Crippen molar-refractivity contribution in [1.29, 1.82) is 0 Å². The lowest BCUT2D eigenvalue weighted by molar-refractivity contribution is -0.0535. The quantitative estimate of drug-likeness (QED) is 0.870. The van der Waals surface area contributed by atoms with Crippen LogP contribution in [0.5, 0.6) is 5.75 Å². The van der Waals surface area contributed by atoms with Crippen molar-refractivity contribution in [3.8, 4) is 5.75 Å². The Bertz CT molecular complexity index is 451. The molecule has 4 nitrogen and oxygen atoms in total. The molecule has 1 aromatic rings. The molecule has 2 N–H and O–H groups in total. The highest BCUT2D eigenvalue weighted by atomic mass is 19.3. The molecule has 1 aromatic carbocycles. The molecule has 0 amide bonds. The van der Waals surface area contributed by atoms with Crippen molar-refractivity contribution in [1.82, 2.24) is 10.2 Å². The van der Waals surface area contributed by atoms with Crippen LogP contribution in [-0.4, -0.2) is 49.4 Å². The fourth-order valence-corrected chi connectivity index (χ4v) is 2.81. The maximum Gasteiger partial charge on any atom is 0.387 e. The molecule has 1 aliphatic rings. The van der Waals surface area contributed by atoms with E-state index in [1.54, 1.807) is 18.2 Å². The molecule has 0 bridgehead atoms. The summed E-state index contributed by atoms with van der Waals surface area (Å²) in [6, 6.07) is 6.69. The van der Waals surface area contributed by atoms with Crippen LogP contribution in [0.1, 0.15) is 18.9 Å². The first-order valence-corrected chi connectivity index (χ1v) is 7.19. The lowest BCUT2D eigenvalue weighted by Gasteiger charge is -2.40. The van der Waals surface area contributed by atoms with Gasteiger partial charge in [0.15, 0.2) is 0 Å². The molecular formula is C15H22F2N2O2. The summed E-state index contributed by atoms with van der Waals surface area (Å²) in [6.45, 7) is 2.12. The van der Waals surface area contributed by atoms with E-state index in [1.165, 1.54) is 6.07 Å². The number of nitrogens with one attached hydrogen (secondary N) is 1. The Hall–Kier alpha value is -1.24. The molecule has 1 atom stereocenters. The van der Waals surface area contributed by atoms with E-state index in [9.17, 15) is 13.9 Å². The summed E-state index contributed by atoms with van der Waals surface area (Å²) in [7, 11) is 0. The Kier molecular flexibility index (Phi) is 5.50. The predicted octanol–water partition coefficient (Wildman–Crippen LogP) is 1.79. The van der Waals surface area contributed by atoms with Gasteiger partial charge in [-0.15, -0.1) is 0 Å². The van der Waals surface area contributed by atoms with Gasteiger partial charge in [0.1, 0.15) is 5.75 Å². The molecule has 0 spiro atoms. The first-order valence-electron chi connectivity index (χ1n) is 7.19. The van der Waals surface area contributed by atoms with Gasteiger partial charge in [0.25, 0.3) is 0 Å². The fraction of sp³-hybridized carbons (Fsp3) is 0.600. The van der Waals surface area contributed by atoms with Gasteiger partial charge in [-0.1, -0.05) is 18.2 Å². The monoisotopic (exact) mass is 300 g/mol. The Balaban J connectivity index is 2.34. The van der Waals surface area contributed by atoms with Crippen LogP contribution in [0, 0.1) is 0 Å². The molecule has 21 heavy (non-hydrogen) atoms. The van der Waals surface area contributed by atoms with Gasteiger partial charge in [-0.3, -0.25) is 4.90 Å². The summed E-state index contributed by atoms with van der Waals surface area (Å²) in [5.74, 6) is 0.126. The second kappa shape index (κ2) is 7.15. The molecule has 6 heteroatoms. The average molecular weight is 300 g/mol. The molecule has 1 saturated heterocycles. The van der Waals surface area contributed by atoms with Crippen LogP contribution in [0.25, 0.3) is 0 Å². The van der Waals surface area contributed by atoms with E-state index in [4.69, 9.17) is 0 Å². The highest BCUT2D eigenvalue weighted by Gasteiger charge is 2.36. The Morgan fingerprint density at radius 3 is 2.81 bits per heavy atom. The molecule has 1 aliphatic heterocycles. The zero-order valence-corrected chi connectivity index (χ0v) is 12.2. The molecule has 2 rings (SSSR count). The number of para-hydroxylation sites is 1. The summed E-state index contributed by atoms with van der Waals surface area (Å²) in [5.41, 5.74) is -0.146. The number of benzene rings is 1. The molecule has 1 fully saturated rings. The van der Waals surface area contributed by atoms with Crippen molar-refractivity contribution in [2.24, 2.45) is 0 Å². The van der Waals surface area contributed by atoms with Crippen molar-refractivity contribution >= 4 is 0 Å². The molecule has 0 radical (unpaired) electrons. The second-order valence-corrected chi connectivity index (χ2v) is 5.40. The van der Waals surface area contributed by atoms with Crippen LogP contribution in [0.2, 0.25) is 0 Å². The van der Waals surface area contributed by atoms with Gasteiger partial charge in [0.05, 0.1) is 12.1 Å². The smallest absolute Gasteiger partial charge is 0.387 e. The number of hydrogen-bond acceptors (Lipinski definition) is 4. The van der Waals surface area contributed by atoms with Crippen LogP contribution in [0.3, 0.4) is 0 Å². The minimum atomic E-state index is -2.88. The zero-order valence-electron chi connectivity index (χ0n) is 12.2. The largest absolute Gasteiger partial charge is 0.434 e. The first kappa shape index (κ1) is 16.1. The molecule has 1 unspecified atom stereocenters. The van der Waals surface area contributed by atoms with Crippen LogP contribution in [-0.2, 0) is 5.54 Å². The molecule has 0 aromatic heterocycles. The average Bonchev–Trinajstić information content (AvgIpc) is 2.76. The highest BCUT2D eigenvalue weighted by molar-refractivity contribution is 5.39. The summed E-state index contributed by atoms with van der Waals surface area (Å²) in [6.07, 6.45) is 0.952. The van der Waals surface area contributed by atoms with Crippen LogP contribution < -0.4 is 10.1 Å². The van der Waals surface area contributed by atoms with E-state index in [2.05, 4.69) is 15.0 Å². The highest BCUT2D eigenvalue weighted by Crippen LogP contribution is 2.35. The van der Waals surface area contributed by atoms with Gasteiger partial charge < -0.3 is 15.2 Å². The lowest BCUT2D eigenvalue weighted by Crippen LogP contribution is -2.48. The third-order valence-electron chi connectivity index (χ3n) is 4.03. The number of aliphatic hydroxyl groups excluding tert-OH is 1. The maximum absolute atomic E-state index is 12.6. The number of ether oxygens (including phenoxy) is 1. The third kappa shape index (κ3) is 3.70. The number of alkyl halides is 2. The van der Waals surface area contributed by atoms with Crippen molar-refractivity contribution in [2.75, 3.05) is 32.8 Å². The molecule has 0 saturated carbocycles. The third-order valence-corrected chi connectivity index (χ3v) is 4.03. The zero-order chi connectivity index (χ0) is 15.3. The predicted molar refractivity (Wildman–Crippen MR) is 76.6 cm³/mol. The first-order chi connectivity index (χ1) is 10.1. The summed E-state index contributed by atoms with van der Waals surface area (Å²) in [4.78, 5) is 2.13. The van der Waals surface area contributed by atoms with Gasteiger partial charge in [-0.05, 0) is 26.0 Å². The van der Waals surface area contributed by atoms with Crippen LogP contribution in [0.4, 0.5) is 8.78 Å². The molecular weight excluding hydrogens is 278 g/mol. The number of hydrogen-bond donors (Lipinski definition) is 2. The van der Waals surface area contributed by atoms with Crippen molar-refractivity contribution in [3.05, 3.63) is 29.8 Å². The Morgan fingerprint density at radius 2 is 2.10 bits per heavy atom. The van der Waals surface area contributed by atoms with Gasteiger partial charge in [0, 0.05) is 25.2 Å². The number of aliphatic hydroxyl groups is 1. The normalized spacial score (nSPS) is 20.0. The van der Waals surface area contributed by atoms with Crippen molar-refractivity contribution in [2.45, 2.75) is 25.5 Å². The minimum Gasteiger partial charge on any atom is -0.434 e. The minimum absolute atomic E-state index is 0.126.